The van der Waals surface area contributed by atoms with Crippen molar-refractivity contribution in [1.82, 2.24) is 20.6 Å². The molecular formula is C10H10N6O3. The Morgan fingerprint density at radius 1 is 1.26 bits per heavy atom. The van der Waals surface area contributed by atoms with Gasteiger partial charge in [-0.1, -0.05) is 6.07 Å². The summed E-state index contributed by atoms with van der Waals surface area (Å²) >= 11 is 0. The third-order valence-corrected chi connectivity index (χ3v) is 2.10. The number of tetrazole rings is 1. The highest BCUT2D eigenvalue weighted by atomic mass is 16.5. The molecular weight excluding hydrogens is 252 g/mol. The molecule has 9 heteroatoms. The fraction of sp³-hybridized carbons (Fsp3) is 0.100. The van der Waals surface area contributed by atoms with Gasteiger partial charge in [-0.05, 0) is 23.4 Å². The number of nitrogens with one attached hydrogen (secondary N) is 3. The van der Waals surface area contributed by atoms with Crippen molar-refractivity contribution >= 4 is 23.4 Å². The van der Waals surface area contributed by atoms with Gasteiger partial charge in [-0.2, -0.15) is 5.21 Å². The highest BCUT2D eigenvalue weighted by Crippen LogP contribution is 2.15. The summed E-state index contributed by atoms with van der Waals surface area (Å²) in [5.74, 6) is -0.588. The van der Waals surface area contributed by atoms with E-state index in [9.17, 15) is 9.59 Å². The van der Waals surface area contributed by atoms with Crippen molar-refractivity contribution in [1.29, 1.82) is 0 Å². The minimum absolute atomic E-state index is 0.0775. The third-order valence-electron chi connectivity index (χ3n) is 2.10. The van der Waals surface area contributed by atoms with Gasteiger partial charge in [-0.15, -0.1) is 10.2 Å². The molecule has 9 nitrogen and oxygen atoms in total. The molecule has 0 saturated carbocycles. The number of aromatic nitrogens is 4. The van der Waals surface area contributed by atoms with E-state index in [4.69, 9.17) is 0 Å². The second kappa shape index (κ2) is 5.58. The number of methoxy groups -OCH3 is 1. The number of hydrogen-bond acceptors (Lipinski definition) is 6. The fourth-order valence-corrected chi connectivity index (χ4v) is 1.29. The van der Waals surface area contributed by atoms with Crippen LogP contribution >= 0.6 is 0 Å². The molecule has 0 fully saturated rings. The van der Waals surface area contributed by atoms with E-state index in [1.54, 1.807) is 24.3 Å². The molecule has 1 heterocycles. The van der Waals surface area contributed by atoms with Crippen LogP contribution in [0.15, 0.2) is 24.3 Å². The normalized spacial score (nSPS) is 9.74. The number of H-pyrrole nitrogens is 1. The molecule has 2 aromatic rings. The maximum atomic E-state index is 11.7. The Balaban J connectivity index is 2.07. The monoisotopic (exact) mass is 262 g/mol. The Kier molecular flexibility index (Phi) is 3.67. The molecule has 0 radical (unpaired) electrons. The van der Waals surface area contributed by atoms with Crippen LogP contribution in [0.3, 0.4) is 0 Å². The number of ether oxygens (including phenoxy) is 1. The number of hydrogen-bond donors (Lipinski definition) is 3. The van der Waals surface area contributed by atoms with Gasteiger partial charge in [0, 0.05) is 11.4 Å². The second-order valence-electron chi connectivity index (χ2n) is 3.39. The highest BCUT2D eigenvalue weighted by Gasteiger charge is 2.11. The fourth-order valence-electron chi connectivity index (χ4n) is 1.29. The van der Waals surface area contributed by atoms with E-state index in [0.717, 1.165) is 0 Å². The van der Waals surface area contributed by atoms with E-state index in [1.165, 1.54) is 7.11 Å². The van der Waals surface area contributed by atoms with Crippen LogP contribution in [-0.4, -0.2) is 39.7 Å². The van der Waals surface area contributed by atoms with Crippen molar-refractivity contribution in [3.05, 3.63) is 30.1 Å². The van der Waals surface area contributed by atoms with Crippen LogP contribution < -0.4 is 10.6 Å². The molecule has 0 aliphatic heterocycles. The summed E-state index contributed by atoms with van der Waals surface area (Å²) in [5.41, 5.74) is 0.960. The summed E-state index contributed by atoms with van der Waals surface area (Å²) in [6, 6.07) is 6.54. The van der Waals surface area contributed by atoms with E-state index < -0.39 is 12.0 Å². The number of aromatic amines is 1. The lowest BCUT2D eigenvalue weighted by molar-refractivity contribution is 0.101. The van der Waals surface area contributed by atoms with Crippen molar-refractivity contribution in [3.63, 3.8) is 0 Å². The zero-order valence-electron chi connectivity index (χ0n) is 9.88. The zero-order chi connectivity index (χ0) is 13.7. The smallest absolute Gasteiger partial charge is 0.411 e. The number of carbonyl (C=O) groups excluding carboxylic acids is 2. The van der Waals surface area contributed by atoms with Crippen molar-refractivity contribution in [2.45, 2.75) is 0 Å². The van der Waals surface area contributed by atoms with Gasteiger partial charge in [0.2, 0.25) is 0 Å². The predicted octanol–water partition coefficient (Wildman–Crippen LogP) is 0.630. The average molecular weight is 262 g/mol. The number of amides is 2. The van der Waals surface area contributed by atoms with Crippen molar-refractivity contribution < 1.29 is 14.3 Å². The van der Waals surface area contributed by atoms with Crippen LogP contribution in [0.1, 0.15) is 10.6 Å². The summed E-state index contributed by atoms with van der Waals surface area (Å²) in [4.78, 5) is 22.7. The van der Waals surface area contributed by atoms with Crippen LogP contribution in [0.2, 0.25) is 0 Å². The number of rotatable bonds is 3. The molecule has 1 aromatic heterocycles. The van der Waals surface area contributed by atoms with Crippen molar-refractivity contribution in [2.24, 2.45) is 0 Å². The summed E-state index contributed by atoms with van der Waals surface area (Å²) in [6.07, 6.45) is -0.596. The minimum Gasteiger partial charge on any atom is -0.453 e. The lowest BCUT2D eigenvalue weighted by Crippen LogP contribution is -2.15. The van der Waals surface area contributed by atoms with Crippen molar-refractivity contribution in [3.8, 4) is 0 Å². The maximum Gasteiger partial charge on any atom is 0.411 e. The largest absolute Gasteiger partial charge is 0.453 e. The Morgan fingerprint density at radius 2 is 2.00 bits per heavy atom. The summed E-state index contributed by atoms with van der Waals surface area (Å²) in [7, 11) is 1.26. The third kappa shape index (κ3) is 3.25. The SMILES string of the molecule is COC(=O)Nc1cccc(NC(=O)c2nn[nH]n2)c1. The van der Waals surface area contributed by atoms with Gasteiger partial charge < -0.3 is 10.1 Å². The van der Waals surface area contributed by atoms with Crippen LogP contribution in [0, 0.1) is 0 Å². The van der Waals surface area contributed by atoms with E-state index in [1.807, 2.05) is 0 Å². The Hall–Kier alpha value is -2.97. The van der Waals surface area contributed by atoms with Gasteiger partial charge >= 0.3 is 6.09 Å². The van der Waals surface area contributed by atoms with Crippen LogP contribution in [0.25, 0.3) is 0 Å². The molecule has 1 aromatic carbocycles. The van der Waals surface area contributed by atoms with Crippen molar-refractivity contribution in [2.75, 3.05) is 17.7 Å². The molecule has 0 bridgehead atoms. The molecule has 0 aliphatic rings. The standard InChI is InChI=1S/C10H10N6O3/c1-19-10(18)12-7-4-2-3-6(5-7)11-9(17)8-13-15-16-14-8/h2-5H,1H3,(H,11,17)(H,12,18)(H,13,14,15,16). The maximum absolute atomic E-state index is 11.7. The predicted molar refractivity (Wildman–Crippen MR) is 64.6 cm³/mol. The van der Waals surface area contributed by atoms with Gasteiger partial charge in [-0.3, -0.25) is 10.1 Å². The number of anilines is 2. The molecule has 98 valence electrons. The molecule has 0 saturated heterocycles. The van der Waals surface area contributed by atoms with E-state index in [2.05, 4.69) is 36.0 Å². The first-order valence-corrected chi connectivity index (χ1v) is 5.19. The van der Waals surface area contributed by atoms with Gasteiger partial charge in [0.05, 0.1) is 7.11 Å². The molecule has 19 heavy (non-hydrogen) atoms. The second-order valence-corrected chi connectivity index (χ2v) is 3.39. The molecule has 2 rings (SSSR count). The number of benzene rings is 1. The van der Waals surface area contributed by atoms with Gasteiger partial charge in [0.1, 0.15) is 0 Å². The molecule has 3 N–H and O–H groups in total. The minimum atomic E-state index is -0.596. The van der Waals surface area contributed by atoms with Crippen LogP contribution in [0.5, 0.6) is 0 Å². The Bertz CT molecular complexity index is 583. The quantitative estimate of drug-likeness (QED) is 0.745. The summed E-state index contributed by atoms with van der Waals surface area (Å²) in [6.45, 7) is 0. The zero-order valence-corrected chi connectivity index (χ0v) is 9.88. The topological polar surface area (TPSA) is 122 Å². The lowest BCUT2D eigenvalue weighted by atomic mass is 10.2. The molecule has 0 spiro atoms. The summed E-state index contributed by atoms with van der Waals surface area (Å²) < 4.78 is 4.46. The van der Waals surface area contributed by atoms with E-state index >= 15 is 0 Å². The Morgan fingerprint density at radius 3 is 2.63 bits per heavy atom. The van der Waals surface area contributed by atoms with Gasteiger partial charge in [-0.25, -0.2) is 4.79 Å². The van der Waals surface area contributed by atoms with E-state index in [-0.39, 0.29) is 5.82 Å². The lowest BCUT2D eigenvalue weighted by Gasteiger charge is -2.06. The number of nitrogens with zero attached hydrogens (tertiary/aromatic N) is 3. The van der Waals surface area contributed by atoms with E-state index in [0.29, 0.717) is 11.4 Å². The molecule has 0 aliphatic carbocycles. The van der Waals surface area contributed by atoms with Crippen LogP contribution in [0.4, 0.5) is 16.2 Å². The molecule has 0 unspecified atom stereocenters. The van der Waals surface area contributed by atoms with Gasteiger partial charge in [0.15, 0.2) is 0 Å². The highest BCUT2D eigenvalue weighted by molar-refractivity contribution is 6.01. The first-order chi connectivity index (χ1) is 9.19. The van der Waals surface area contributed by atoms with Gasteiger partial charge in [0.25, 0.3) is 11.7 Å². The first kappa shape index (κ1) is 12.5. The average Bonchev–Trinajstić information content (AvgIpc) is 2.93. The summed E-state index contributed by atoms with van der Waals surface area (Å²) in [5, 5.41) is 17.6. The molecule has 0 atom stereocenters. The van der Waals surface area contributed by atoms with Crippen LogP contribution in [-0.2, 0) is 4.74 Å². The molecule has 2 amide bonds. The number of carbonyl (C=O) groups is 2. The Labute approximate surface area is 107 Å². The first-order valence-electron chi connectivity index (χ1n) is 5.19.